The summed E-state index contributed by atoms with van der Waals surface area (Å²) in [6, 6.07) is 8.61. The molecule has 0 saturated heterocycles. The van der Waals surface area contributed by atoms with Gasteiger partial charge in [0.15, 0.2) is 0 Å². The minimum absolute atomic E-state index is 0.228. The first kappa shape index (κ1) is 14.0. The molecule has 0 N–H and O–H groups in total. The van der Waals surface area contributed by atoms with E-state index in [1.54, 1.807) is 0 Å². The van der Waals surface area contributed by atoms with E-state index >= 15 is 0 Å². The Morgan fingerprint density at radius 1 is 1.13 bits per heavy atom. The molecule has 0 nitrogen and oxygen atoms in total. The molecule has 0 spiro atoms. The minimum atomic E-state index is 0.228. The molecule has 0 amide bonds. The van der Waals surface area contributed by atoms with E-state index in [1.807, 2.05) is 20.8 Å². The summed E-state index contributed by atoms with van der Waals surface area (Å²) in [4.78, 5) is 0. The monoisotopic (exact) mass is 204 g/mol. The van der Waals surface area contributed by atoms with Crippen LogP contribution in [-0.2, 0) is 5.41 Å². The van der Waals surface area contributed by atoms with Gasteiger partial charge in [-0.05, 0) is 23.5 Å². The summed E-state index contributed by atoms with van der Waals surface area (Å²) in [5.41, 5.74) is 3.97. The summed E-state index contributed by atoms with van der Waals surface area (Å²) in [5.74, 6) is 0. The van der Waals surface area contributed by atoms with E-state index in [1.165, 1.54) is 11.1 Å². The number of allylic oxidation sites excluding steroid dienone is 1. The largest absolute Gasteiger partial charge is 0.0955 e. The normalized spacial score (nSPS) is 10.3. The van der Waals surface area contributed by atoms with Gasteiger partial charge in [-0.2, -0.15) is 0 Å². The number of benzene rings is 1. The minimum Gasteiger partial charge on any atom is -0.0955 e. The third kappa shape index (κ3) is 4.33. The van der Waals surface area contributed by atoms with Gasteiger partial charge in [0.1, 0.15) is 0 Å². The zero-order valence-corrected chi connectivity index (χ0v) is 11.0. The Morgan fingerprint density at radius 2 is 1.67 bits per heavy atom. The van der Waals surface area contributed by atoms with Crippen molar-refractivity contribution in [3.63, 3.8) is 0 Å². The quantitative estimate of drug-likeness (QED) is 0.601. The van der Waals surface area contributed by atoms with Gasteiger partial charge in [0.2, 0.25) is 0 Å². The molecular weight excluding hydrogens is 180 g/mol. The van der Waals surface area contributed by atoms with Crippen LogP contribution < -0.4 is 0 Å². The average molecular weight is 204 g/mol. The molecular formula is C15H24. The van der Waals surface area contributed by atoms with Crippen LogP contribution in [-0.4, -0.2) is 0 Å². The molecule has 0 radical (unpaired) electrons. The Hall–Kier alpha value is -1.04. The van der Waals surface area contributed by atoms with Gasteiger partial charge in [0, 0.05) is 0 Å². The highest BCUT2D eigenvalue weighted by Gasteiger charge is 2.13. The Morgan fingerprint density at radius 3 is 2.07 bits per heavy atom. The van der Waals surface area contributed by atoms with Gasteiger partial charge >= 0.3 is 0 Å². The topological polar surface area (TPSA) is 0 Å². The van der Waals surface area contributed by atoms with Crippen LogP contribution in [0.3, 0.4) is 0 Å². The third-order valence-corrected chi connectivity index (χ3v) is 2.22. The molecule has 0 unspecified atom stereocenters. The molecule has 1 aromatic rings. The van der Waals surface area contributed by atoms with Gasteiger partial charge in [-0.1, -0.05) is 71.0 Å². The van der Waals surface area contributed by atoms with E-state index in [0.717, 1.165) is 5.57 Å². The SMILES string of the molecule is C=C(C)c1cccc(C(C)(C)C)c1.CC. The average Bonchev–Trinajstić information content (AvgIpc) is 2.20. The van der Waals surface area contributed by atoms with Gasteiger partial charge in [0.25, 0.3) is 0 Å². The molecule has 15 heavy (non-hydrogen) atoms. The van der Waals surface area contributed by atoms with E-state index in [0.29, 0.717) is 0 Å². The lowest BCUT2D eigenvalue weighted by molar-refractivity contribution is 0.590. The molecule has 84 valence electrons. The molecule has 0 heteroatoms. The maximum Gasteiger partial charge on any atom is -0.0132 e. The Balaban J connectivity index is 0.000000921. The Labute approximate surface area is 95.0 Å². The summed E-state index contributed by atoms with van der Waals surface area (Å²) in [6.07, 6.45) is 0. The highest BCUT2D eigenvalue weighted by molar-refractivity contribution is 5.62. The first-order valence-electron chi connectivity index (χ1n) is 5.67. The van der Waals surface area contributed by atoms with Crippen LogP contribution in [0.5, 0.6) is 0 Å². The highest BCUT2D eigenvalue weighted by atomic mass is 14.2. The van der Waals surface area contributed by atoms with Crippen molar-refractivity contribution in [1.82, 2.24) is 0 Å². The van der Waals surface area contributed by atoms with E-state index in [9.17, 15) is 0 Å². The molecule has 0 saturated carbocycles. The number of hydrogen-bond donors (Lipinski definition) is 0. The van der Waals surface area contributed by atoms with Crippen molar-refractivity contribution in [1.29, 1.82) is 0 Å². The first-order valence-corrected chi connectivity index (χ1v) is 5.67. The fourth-order valence-electron chi connectivity index (χ4n) is 1.25. The number of hydrogen-bond acceptors (Lipinski definition) is 0. The van der Waals surface area contributed by atoms with Gasteiger partial charge in [-0.3, -0.25) is 0 Å². The smallest absolute Gasteiger partial charge is 0.0132 e. The Kier molecular flexibility index (Phi) is 5.35. The maximum atomic E-state index is 3.95. The number of rotatable bonds is 1. The van der Waals surface area contributed by atoms with Crippen molar-refractivity contribution in [3.05, 3.63) is 42.0 Å². The molecule has 0 bridgehead atoms. The van der Waals surface area contributed by atoms with Crippen molar-refractivity contribution in [2.45, 2.75) is 47.0 Å². The van der Waals surface area contributed by atoms with Gasteiger partial charge in [-0.25, -0.2) is 0 Å². The summed E-state index contributed by atoms with van der Waals surface area (Å²) in [5, 5.41) is 0. The zero-order chi connectivity index (χ0) is 12.1. The molecule has 1 aromatic carbocycles. The second-order valence-corrected chi connectivity index (χ2v) is 4.61. The molecule has 0 heterocycles. The van der Waals surface area contributed by atoms with E-state index in [2.05, 4.69) is 51.6 Å². The van der Waals surface area contributed by atoms with E-state index in [4.69, 9.17) is 0 Å². The van der Waals surface area contributed by atoms with Crippen molar-refractivity contribution in [3.8, 4) is 0 Å². The van der Waals surface area contributed by atoms with Crippen molar-refractivity contribution < 1.29 is 0 Å². The second kappa shape index (κ2) is 5.75. The van der Waals surface area contributed by atoms with E-state index < -0.39 is 0 Å². The van der Waals surface area contributed by atoms with Crippen LogP contribution in [0.25, 0.3) is 5.57 Å². The highest BCUT2D eigenvalue weighted by Crippen LogP contribution is 2.24. The predicted molar refractivity (Wildman–Crippen MR) is 71.2 cm³/mol. The molecule has 0 atom stereocenters. The van der Waals surface area contributed by atoms with Crippen LogP contribution in [0, 0.1) is 0 Å². The fraction of sp³-hybridized carbons (Fsp3) is 0.467. The lowest BCUT2D eigenvalue weighted by Crippen LogP contribution is -2.10. The lowest BCUT2D eigenvalue weighted by Gasteiger charge is -2.19. The lowest BCUT2D eigenvalue weighted by atomic mass is 9.85. The molecule has 1 rings (SSSR count). The van der Waals surface area contributed by atoms with Crippen LogP contribution in [0.15, 0.2) is 30.8 Å². The first-order chi connectivity index (χ1) is 6.91. The van der Waals surface area contributed by atoms with Gasteiger partial charge in [0.05, 0.1) is 0 Å². The zero-order valence-electron chi connectivity index (χ0n) is 11.0. The molecule has 0 fully saturated rings. The third-order valence-electron chi connectivity index (χ3n) is 2.22. The van der Waals surface area contributed by atoms with Gasteiger partial charge in [-0.15, -0.1) is 0 Å². The van der Waals surface area contributed by atoms with Crippen molar-refractivity contribution in [2.75, 3.05) is 0 Å². The van der Waals surface area contributed by atoms with Crippen LogP contribution >= 0.6 is 0 Å². The second-order valence-electron chi connectivity index (χ2n) is 4.61. The fourth-order valence-corrected chi connectivity index (χ4v) is 1.25. The molecule has 0 aromatic heterocycles. The standard InChI is InChI=1S/C13H18.C2H6/c1-10(2)11-7-6-8-12(9-11)13(3,4)5;1-2/h6-9H,1H2,2-5H3;1-2H3. The molecule has 0 aliphatic carbocycles. The summed E-state index contributed by atoms with van der Waals surface area (Å²) in [6.45, 7) is 16.7. The Bertz CT molecular complexity index is 313. The van der Waals surface area contributed by atoms with Crippen LogP contribution in [0.1, 0.15) is 52.7 Å². The molecule has 0 aliphatic heterocycles. The summed E-state index contributed by atoms with van der Waals surface area (Å²) in [7, 11) is 0. The maximum absolute atomic E-state index is 3.95. The van der Waals surface area contributed by atoms with Crippen LogP contribution in [0.2, 0.25) is 0 Å². The molecule has 0 aliphatic rings. The van der Waals surface area contributed by atoms with Crippen molar-refractivity contribution >= 4 is 5.57 Å². The summed E-state index contributed by atoms with van der Waals surface area (Å²) >= 11 is 0. The van der Waals surface area contributed by atoms with Crippen molar-refractivity contribution in [2.24, 2.45) is 0 Å². The van der Waals surface area contributed by atoms with E-state index in [-0.39, 0.29) is 5.41 Å². The summed E-state index contributed by atoms with van der Waals surface area (Å²) < 4.78 is 0. The predicted octanol–water partition coefficient (Wildman–Crippen LogP) is 5.04. The van der Waals surface area contributed by atoms with Crippen LogP contribution in [0.4, 0.5) is 0 Å². The van der Waals surface area contributed by atoms with Gasteiger partial charge < -0.3 is 0 Å².